The van der Waals surface area contributed by atoms with Gasteiger partial charge in [-0.2, -0.15) is 0 Å². The maximum Gasteiger partial charge on any atom is 0.326 e. The maximum absolute atomic E-state index is 13.1. The Labute approximate surface area is 227 Å². The van der Waals surface area contributed by atoms with Gasteiger partial charge < -0.3 is 44.0 Å². The van der Waals surface area contributed by atoms with E-state index in [0.29, 0.717) is 12.0 Å². The summed E-state index contributed by atoms with van der Waals surface area (Å²) in [7, 11) is 0. The van der Waals surface area contributed by atoms with Crippen LogP contribution >= 0.6 is 0 Å². The number of carboxylic acids is 1. The number of nitrogens with zero attached hydrogens (tertiary/aromatic N) is 1. The number of hydrogen-bond acceptors (Lipinski definition) is 7. The third-order valence-corrected chi connectivity index (χ3v) is 5.58. The van der Waals surface area contributed by atoms with E-state index in [9.17, 15) is 29.1 Å². The Morgan fingerprint density at radius 2 is 1.44 bits per heavy atom. The first-order valence-corrected chi connectivity index (χ1v) is 12.6. The molecule has 0 aliphatic carbocycles. The highest BCUT2D eigenvalue weighted by Crippen LogP contribution is 2.07. The molecule has 0 bridgehead atoms. The minimum atomic E-state index is -1.40. The molecule has 4 unspecified atom stereocenters. The molecular formula is C25H40N8O6. The molecule has 4 atom stereocenters. The molecule has 1 rings (SSSR count). The molecule has 1 aromatic rings. The average molecular weight is 549 g/mol. The van der Waals surface area contributed by atoms with E-state index < -0.39 is 60.2 Å². The fourth-order valence-corrected chi connectivity index (χ4v) is 3.67. The van der Waals surface area contributed by atoms with Crippen LogP contribution in [0.2, 0.25) is 0 Å². The lowest BCUT2D eigenvalue weighted by molar-refractivity contribution is -0.142. The van der Waals surface area contributed by atoms with Gasteiger partial charge in [-0.3, -0.25) is 24.2 Å². The number of nitrogens with two attached hydrogens (primary N) is 4. The molecule has 216 valence electrons. The molecule has 0 aliphatic rings. The second-order valence-corrected chi connectivity index (χ2v) is 9.57. The van der Waals surface area contributed by atoms with Crippen LogP contribution in [-0.4, -0.2) is 71.4 Å². The zero-order valence-electron chi connectivity index (χ0n) is 22.3. The number of nitrogens with one attached hydrogen (secondary N) is 3. The van der Waals surface area contributed by atoms with E-state index in [1.54, 1.807) is 30.3 Å². The van der Waals surface area contributed by atoms with E-state index >= 15 is 0 Å². The summed E-state index contributed by atoms with van der Waals surface area (Å²) >= 11 is 0. The summed E-state index contributed by atoms with van der Waals surface area (Å²) in [5.41, 5.74) is 22.5. The molecule has 0 aromatic heterocycles. The first kappa shape index (κ1) is 32.8. The predicted molar refractivity (Wildman–Crippen MR) is 145 cm³/mol. The van der Waals surface area contributed by atoms with Crippen molar-refractivity contribution in [2.45, 2.75) is 70.1 Å². The molecule has 0 saturated heterocycles. The highest BCUT2D eigenvalue weighted by molar-refractivity contribution is 5.96. The molecule has 0 fully saturated rings. The highest BCUT2D eigenvalue weighted by atomic mass is 16.4. The van der Waals surface area contributed by atoms with Gasteiger partial charge in [0.15, 0.2) is 5.96 Å². The highest BCUT2D eigenvalue weighted by Gasteiger charge is 2.31. The van der Waals surface area contributed by atoms with Gasteiger partial charge in [0.2, 0.25) is 23.6 Å². The first-order valence-electron chi connectivity index (χ1n) is 12.6. The summed E-state index contributed by atoms with van der Waals surface area (Å²) in [5.74, 6) is -4.49. The van der Waals surface area contributed by atoms with E-state index in [0.717, 1.165) is 0 Å². The molecular weight excluding hydrogens is 508 g/mol. The third kappa shape index (κ3) is 13.2. The Morgan fingerprint density at radius 1 is 0.872 bits per heavy atom. The van der Waals surface area contributed by atoms with Crippen molar-refractivity contribution in [1.82, 2.24) is 16.0 Å². The SMILES string of the molecule is CC(C)CC(N)C(=O)NC(CC(N)=O)C(=O)NC(CCCN=C(N)N)C(=O)NC(Cc1ccccc1)C(=O)O. The van der Waals surface area contributed by atoms with E-state index in [1.807, 2.05) is 13.8 Å². The number of carbonyl (C=O) groups excluding carboxylic acids is 4. The van der Waals surface area contributed by atoms with Crippen molar-refractivity contribution in [3.63, 3.8) is 0 Å². The summed E-state index contributed by atoms with van der Waals surface area (Å²) in [6.45, 7) is 3.88. The van der Waals surface area contributed by atoms with Gasteiger partial charge in [0.05, 0.1) is 12.5 Å². The van der Waals surface area contributed by atoms with Crippen LogP contribution in [0, 0.1) is 5.92 Å². The number of rotatable bonds is 17. The molecule has 0 heterocycles. The first-order chi connectivity index (χ1) is 18.3. The van der Waals surface area contributed by atoms with Crippen LogP contribution in [0.15, 0.2) is 35.3 Å². The van der Waals surface area contributed by atoms with Crippen LogP contribution in [0.4, 0.5) is 0 Å². The second-order valence-electron chi connectivity index (χ2n) is 9.57. The van der Waals surface area contributed by atoms with Crippen molar-refractivity contribution < 1.29 is 29.1 Å². The van der Waals surface area contributed by atoms with Gasteiger partial charge in [0.25, 0.3) is 0 Å². The Kier molecular flexibility index (Phi) is 14.0. The summed E-state index contributed by atoms with van der Waals surface area (Å²) in [4.78, 5) is 66.0. The summed E-state index contributed by atoms with van der Waals surface area (Å²) in [5, 5.41) is 17.0. The molecule has 0 spiro atoms. The van der Waals surface area contributed by atoms with Gasteiger partial charge in [-0.1, -0.05) is 44.2 Å². The van der Waals surface area contributed by atoms with Crippen LogP contribution in [0.5, 0.6) is 0 Å². The molecule has 39 heavy (non-hydrogen) atoms. The Bertz CT molecular complexity index is 1010. The van der Waals surface area contributed by atoms with Gasteiger partial charge in [-0.25, -0.2) is 4.79 Å². The standard InChI is InChI=1S/C25H40N8O6/c1-14(2)11-16(26)21(35)32-18(13-20(27)34)23(37)31-17(9-6-10-30-25(28)29)22(36)33-19(24(38)39)12-15-7-4-3-5-8-15/h3-5,7-8,14,16-19H,6,9-13,26H2,1-2H3,(H2,27,34)(H,31,37)(H,32,35)(H,33,36)(H,38,39)(H4,28,29,30). The van der Waals surface area contributed by atoms with E-state index in [-0.39, 0.29) is 37.7 Å². The van der Waals surface area contributed by atoms with Gasteiger partial charge in [-0.05, 0) is 30.7 Å². The average Bonchev–Trinajstić information content (AvgIpc) is 2.84. The van der Waals surface area contributed by atoms with Crippen molar-refractivity contribution in [2.24, 2.45) is 33.8 Å². The minimum absolute atomic E-state index is 0.00464. The molecule has 14 heteroatoms. The Morgan fingerprint density at radius 3 is 1.97 bits per heavy atom. The number of carbonyl (C=O) groups is 5. The van der Waals surface area contributed by atoms with Crippen LogP contribution in [0.25, 0.3) is 0 Å². The Hall–Kier alpha value is -4.20. The van der Waals surface area contributed by atoms with Crippen molar-refractivity contribution in [3.8, 4) is 0 Å². The van der Waals surface area contributed by atoms with Crippen molar-refractivity contribution in [3.05, 3.63) is 35.9 Å². The fraction of sp³-hybridized carbons (Fsp3) is 0.520. The fourth-order valence-electron chi connectivity index (χ4n) is 3.67. The lowest BCUT2D eigenvalue weighted by Crippen LogP contribution is -2.58. The third-order valence-electron chi connectivity index (χ3n) is 5.58. The molecule has 0 radical (unpaired) electrons. The summed E-state index contributed by atoms with van der Waals surface area (Å²) in [6, 6.07) is 3.84. The van der Waals surface area contributed by atoms with Gasteiger partial charge in [0, 0.05) is 13.0 Å². The van der Waals surface area contributed by atoms with Gasteiger partial charge in [0.1, 0.15) is 18.1 Å². The number of guanidine groups is 1. The summed E-state index contributed by atoms with van der Waals surface area (Å²) in [6.07, 6.45) is 0.0736. The molecule has 4 amide bonds. The quantitative estimate of drug-likeness (QED) is 0.0611. The lowest BCUT2D eigenvalue weighted by Gasteiger charge is -2.25. The van der Waals surface area contributed by atoms with Gasteiger partial charge in [-0.15, -0.1) is 0 Å². The molecule has 1 aromatic carbocycles. The van der Waals surface area contributed by atoms with Gasteiger partial charge >= 0.3 is 5.97 Å². The van der Waals surface area contributed by atoms with E-state index in [2.05, 4.69) is 20.9 Å². The van der Waals surface area contributed by atoms with Crippen molar-refractivity contribution in [2.75, 3.05) is 6.54 Å². The zero-order chi connectivity index (χ0) is 29.5. The van der Waals surface area contributed by atoms with E-state index in [1.165, 1.54) is 0 Å². The monoisotopic (exact) mass is 548 g/mol. The number of carboxylic acid groups (broad SMARTS) is 1. The van der Waals surface area contributed by atoms with Crippen LogP contribution in [0.3, 0.4) is 0 Å². The van der Waals surface area contributed by atoms with Crippen LogP contribution in [0.1, 0.15) is 45.1 Å². The number of benzene rings is 1. The number of aliphatic imine (C=N–C) groups is 1. The Balaban J connectivity index is 3.08. The lowest BCUT2D eigenvalue weighted by atomic mass is 10.0. The number of amides is 4. The van der Waals surface area contributed by atoms with Crippen LogP contribution in [-0.2, 0) is 30.4 Å². The topological polar surface area (TPSA) is 258 Å². The number of aliphatic carboxylic acids is 1. The normalized spacial score (nSPS) is 13.8. The molecule has 0 aliphatic heterocycles. The number of primary amides is 1. The minimum Gasteiger partial charge on any atom is -0.480 e. The zero-order valence-corrected chi connectivity index (χ0v) is 22.3. The van der Waals surface area contributed by atoms with Crippen LogP contribution < -0.4 is 38.9 Å². The smallest absolute Gasteiger partial charge is 0.326 e. The van der Waals surface area contributed by atoms with Crippen molar-refractivity contribution in [1.29, 1.82) is 0 Å². The molecule has 14 nitrogen and oxygen atoms in total. The molecule has 0 saturated carbocycles. The maximum atomic E-state index is 13.1. The number of hydrogen-bond donors (Lipinski definition) is 8. The van der Waals surface area contributed by atoms with E-state index in [4.69, 9.17) is 22.9 Å². The second kappa shape index (κ2) is 16.6. The summed E-state index contributed by atoms with van der Waals surface area (Å²) < 4.78 is 0. The molecule has 12 N–H and O–H groups in total. The predicted octanol–water partition coefficient (Wildman–Crippen LogP) is -1.93. The largest absolute Gasteiger partial charge is 0.480 e. The van der Waals surface area contributed by atoms with Crippen molar-refractivity contribution >= 4 is 35.6 Å².